The van der Waals surface area contributed by atoms with E-state index in [1.165, 1.54) is 4.68 Å². The lowest BCUT2D eigenvalue weighted by Crippen LogP contribution is -2.37. The highest BCUT2D eigenvalue weighted by Crippen LogP contribution is 2.29. The Morgan fingerprint density at radius 1 is 1.41 bits per heavy atom. The minimum Gasteiger partial charge on any atom is -0.476 e. The summed E-state index contributed by atoms with van der Waals surface area (Å²) >= 11 is 0. The molecule has 0 saturated heterocycles. The lowest BCUT2D eigenvalue weighted by Gasteiger charge is -2.31. The molecule has 0 spiro atoms. The van der Waals surface area contributed by atoms with Crippen LogP contribution in [-0.2, 0) is 6.54 Å². The summed E-state index contributed by atoms with van der Waals surface area (Å²) in [5.41, 5.74) is -0.298. The minimum absolute atomic E-state index is 0.0376. The van der Waals surface area contributed by atoms with Gasteiger partial charge in [0.05, 0.1) is 17.8 Å². The number of aliphatic hydroxyl groups is 1. The van der Waals surface area contributed by atoms with E-state index < -0.39 is 11.6 Å². The fourth-order valence-corrected chi connectivity index (χ4v) is 2.35. The third kappa shape index (κ3) is 2.46. The van der Waals surface area contributed by atoms with E-state index >= 15 is 0 Å². The summed E-state index contributed by atoms with van der Waals surface area (Å²) in [4.78, 5) is 10.8. The fourth-order valence-electron chi connectivity index (χ4n) is 2.35. The van der Waals surface area contributed by atoms with Gasteiger partial charge in [0, 0.05) is 0 Å². The molecular formula is C11H17N3O3. The quantitative estimate of drug-likeness (QED) is 0.820. The number of aromatic nitrogens is 3. The number of carbonyl (C=O) groups is 1. The van der Waals surface area contributed by atoms with Crippen LogP contribution in [0.4, 0.5) is 0 Å². The van der Waals surface area contributed by atoms with Gasteiger partial charge in [0.2, 0.25) is 0 Å². The monoisotopic (exact) mass is 239 g/mol. The number of carboxylic acids is 1. The van der Waals surface area contributed by atoms with E-state index in [-0.39, 0.29) is 5.69 Å². The Bertz CT molecular complexity index is 422. The van der Waals surface area contributed by atoms with Crippen LogP contribution in [0.25, 0.3) is 0 Å². The zero-order chi connectivity index (χ0) is 12.5. The molecule has 1 aliphatic carbocycles. The second-order valence-corrected chi connectivity index (χ2v) is 4.77. The lowest BCUT2D eigenvalue weighted by molar-refractivity contribution is -0.0151. The van der Waals surface area contributed by atoms with Crippen molar-refractivity contribution in [1.82, 2.24) is 15.0 Å². The second-order valence-electron chi connectivity index (χ2n) is 4.77. The van der Waals surface area contributed by atoms with Crippen LogP contribution in [0.2, 0.25) is 0 Å². The molecule has 2 rings (SSSR count). The van der Waals surface area contributed by atoms with Crippen LogP contribution < -0.4 is 0 Å². The Morgan fingerprint density at radius 2 is 2.06 bits per heavy atom. The molecule has 94 valence electrons. The van der Waals surface area contributed by atoms with Crippen molar-refractivity contribution in [3.63, 3.8) is 0 Å². The Labute approximate surface area is 99.3 Å². The third-order valence-corrected chi connectivity index (χ3v) is 3.41. The number of rotatable bonds is 3. The predicted molar refractivity (Wildman–Crippen MR) is 59.8 cm³/mol. The van der Waals surface area contributed by atoms with E-state index in [2.05, 4.69) is 10.3 Å². The first-order chi connectivity index (χ1) is 8.02. The van der Waals surface area contributed by atoms with Gasteiger partial charge in [-0.15, -0.1) is 5.10 Å². The van der Waals surface area contributed by atoms with E-state index in [4.69, 9.17) is 5.11 Å². The normalized spacial score (nSPS) is 19.2. The molecule has 1 aromatic heterocycles. The molecule has 0 aromatic carbocycles. The fraction of sp³-hybridized carbons (Fsp3) is 0.727. The third-order valence-electron chi connectivity index (χ3n) is 3.41. The zero-order valence-electron chi connectivity index (χ0n) is 9.89. The number of hydrogen-bond donors (Lipinski definition) is 2. The molecule has 1 heterocycles. The largest absolute Gasteiger partial charge is 0.476 e. The Morgan fingerprint density at radius 3 is 2.59 bits per heavy atom. The molecule has 2 N–H and O–H groups in total. The van der Waals surface area contributed by atoms with Crippen LogP contribution in [0.3, 0.4) is 0 Å². The molecule has 0 bridgehead atoms. The zero-order valence-corrected chi connectivity index (χ0v) is 9.89. The molecule has 6 nitrogen and oxygen atoms in total. The van der Waals surface area contributed by atoms with Crippen molar-refractivity contribution < 1.29 is 15.0 Å². The predicted octanol–water partition coefficient (Wildman–Crippen LogP) is 0.980. The SMILES string of the molecule is Cc1c(C(=O)O)nnn1CC1(O)CCCCC1. The van der Waals surface area contributed by atoms with E-state index in [0.717, 1.165) is 32.1 Å². The van der Waals surface area contributed by atoms with Crippen molar-refractivity contribution in [2.24, 2.45) is 0 Å². The van der Waals surface area contributed by atoms with Crippen LogP contribution in [0.5, 0.6) is 0 Å². The standard InChI is InChI=1S/C11H17N3O3/c1-8-9(10(15)16)12-13-14(8)7-11(17)5-3-2-4-6-11/h17H,2-7H2,1H3,(H,15,16). The van der Waals surface area contributed by atoms with E-state index in [9.17, 15) is 9.90 Å². The van der Waals surface area contributed by atoms with Crippen molar-refractivity contribution >= 4 is 5.97 Å². The molecule has 1 aliphatic rings. The highest BCUT2D eigenvalue weighted by atomic mass is 16.4. The summed E-state index contributed by atoms with van der Waals surface area (Å²) in [6.07, 6.45) is 4.66. The Kier molecular flexibility index (Phi) is 3.15. The molecular weight excluding hydrogens is 222 g/mol. The molecule has 0 unspecified atom stereocenters. The van der Waals surface area contributed by atoms with Gasteiger partial charge in [-0.05, 0) is 19.8 Å². The Balaban J connectivity index is 2.15. The first-order valence-corrected chi connectivity index (χ1v) is 5.88. The highest BCUT2D eigenvalue weighted by molar-refractivity contribution is 5.86. The lowest BCUT2D eigenvalue weighted by atomic mass is 9.85. The summed E-state index contributed by atoms with van der Waals surface area (Å²) in [7, 11) is 0. The van der Waals surface area contributed by atoms with Gasteiger partial charge in [-0.2, -0.15) is 0 Å². The maximum absolute atomic E-state index is 10.8. The molecule has 1 aromatic rings. The van der Waals surface area contributed by atoms with Crippen molar-refractivity contribution in [3.05, 3.63) is 11.4 Å². The van der Waals surface area contributed by atoms with Crippen LogP contribution in [-0.4, -0.2) is 36.8 Å². The first-order valence-electron chi connectivity index (χ1n) is 5.88. The number of carboxylic acid groups (broad SMARTS) is 1. The van der Waals surface area contributed by atoms with Gasteiger partial charge in [-0.25, -0.2) is 9.48 Å². The molecule has 1 saturated carbocycles. The van der Waals surface area contributed by atoms with E-state index in [1.54, 1.807) is 6.92 Å². The minimum atomic E-state index is -1.08. The summed E-state index contributed by atoms with van der Waals surface area (Å²) in [6.45, 7) is 1.99. The van der Waals surface area contributed by atoms with Crippen LogP contribution in [0, 0.1) is 6.92 Å². The summed E-state index contributed by atoms with van der Waals surface area (Å²) in [5, 5.41) is 26.6. The van der Waals surface area contributed by atoms with Crippen molar-refractivity contribution in [1.29, 1.82) is 0 Å². The van der Waals surface area contributed by atoms with E-state index in [0.29, 0.717) is 12.2 Å². The molecule has 0 radical (unpaired) electrons. The van der Waals surface area contributed by atoms with Gasteiger partial charge in [0.15, 0.2) is 5.69 Å². The number of aromatic carboxylic acids is 1. The summed E-state index contributed by atoms with van der Waals surface area (Å²) < 4.78 is 1.49. The van der Waals surface area contributed by atoms with Crippen LogP contribution in [0.15, 0.2) is 0 Å². The average molecular weight is 239 g/mol. The second kappa shape index (κ2) is 4.44. The smallest absolute Gasteiger partial charge is 0.358 e. The first kappa shape index (κ1) is 12.0. The Hall–Kier alpha value is -1.43. The van der Waals surface area contributed by atoms with Crippen molar-refractivity contribution in [2.75, 3.05) is 0 Å². The molecule has 1 fully saturated rings. The molecule has 0 aliphatic heterocycles. The van der Waals surface area contributed by atoms with Gasteiger partial charge in [0.25, 0.3) is 0 Å². The van der Waals surface area contributed by atoms with Crippen molar-refractivity contribution in [2.45, 2.75) is 51.2 Å². The number of hydrogen-bond acceptors (Lipinski definition) is 4. The van der Waals surface area contributed by atoms with Gasteiger partial charge in [-0.1, -0.05) is 24.5 Å². The van der Waals surface area contributed by atoms with Gasteiger partial charge >= 0.3 is 5.97 Å². The molecule has 6 heteroatoms. The number of nitrogens with zero attached hydrogens (tertiary/aromatic N) is 3. The van der Waals surface area contributed by atoms with Gasteiger partial charge < -0.3 is 10.2 Å². The average Bonchev–Trinajstić information content (AvgIpc) is 2.61. The molecule has 17 heavy (non-hydrogen) atoms. The maximum atomic E-state index is 10.8. The highest BCUT2D eigenvalue weighted by Gasteiger charge is 2.31. The molecule has 0 atom stereocenters. The van der Waals surface area contributed by atoms with Gasteiger partial charge in [-0.3, -0.25) is 0 Å². The van der Waals surface area contributed by atoms with Gasteiger partial charge in [0.1, 0.15) is 0 Å². The summed E-state index contributed by atoms with van der Waals surface area (Å²) in [6, 6.07) is 0. The topological polar surface area (TPSA) is 88.2 Å². The van der Waals surface area contributed by atoms with Crippen molar-refractivity contribution in [3.8, 4) is 0 Å². The summed E-state index contributed by atoms with van der Waals surface area (Å²) in [5.74, 6) is -1.08. The maximum Gasteiger partial charge on any atom is 0.358 e. The van der Waals surface area contributed by atoms with E-state index in [1.807, 2.05) is 0 Å². The molecule has 0 amide bonds. The van der Waals surface area contributed by atoms with Crippen LogP contribution >= 0.6 is 0 Å². The van der Waals surface area contributed by atoms with Crippen LogP contribution in [0.1, 0.15) is 48.3 Å².